The first-order valence-electron chi connectivity index (χ1n) is 19.1. The number of carbonyl (C=O) groups is 4. The number of benzene rings is 4. The summed E-state index contributed by atoms with van der Waals surface area (Å²) in [6.07, 6.45) is 14.1. The van der Waals surface area contributed by atoms with Gasteiger partial charge in [0.2, 0.25) is 0 Å². The molecule has 8 aromatic rings. The van der Waals surface area contributed by atoms with Gasteiger partial charge in [0, 0.05) is 74.1 Å². The van der Waals surface area contributed by atoms with Crippen molar-refractivity contribution in [2.45, 2.75) is 51.9 Å². The Balaban J connectivity index is -0.000000253. The summed E-state index contributed by atoms with van der Waals surface area (Å²) >= 11 is 0. The second kappa shape index (κ2) is 41.2. The minimum absolute atomic E-state index is 0. The monoisotopic (exact) mass is 1050 g/mol. The number of carbonyl (C=O) groups excluding carboxylic acids is 4. The van der Waals surface area contributed by atoms with Crippen LogP contribution in [-0.2, 0) is 43.2 Å². The maximum absolute atomic E-state index is 11.7. The third-order valence-corrected chi connectivity index (χ3v) is 8.52. The average molecular weight is 1050 g/mol. The first-order valence-corrected chi connectivity index (χ1v) is 19.1. The zero-order chi connectivity index (χ0) is 42.0. The van der Waals surface area contributed by atoms with E-state index >= 15 is 0 Å². The van der Waals surface area contributed by atoms with Gasteiger partial charge in [-0.2, -0.15) is 20.4 Å². The number of rotatable bonds is 16. The number of ketones is 4. The fraction of sp³-hybridized carbons (Fsp3) is 0.182. The Morgan fingerprint density at radius 1 is 0.319 bits per heavy atom. The molecule has 0 aliphatic carbocycles. The van der Waals surface area contributed by atoms with Gasteiger partial charge in [0.25, 0.3) is 0 Å². The van der Waals surface area contributed by atoms with E-state index in [0.717, 1.165) is 22.3 Å². The minimum atomic E-state index is 0. The number of hydrogen-bond donors (Lipinski definition) is 0. The summed E-state index contributed by atoms with van der Waals surface area (Å²) in [5.41, 5.74) is 2.99. The van der Waals surface area contributed by atoms with E-state index in [2.05, 4.69) is 40.3 Å². The molecule has 1 radical (unpaired) electrons. The predicted octanol–water partition coefficient (Wildman–Crippen LogP) is -4.74. The van der Waals surface area contributed by atoms with Gasteiger partial charge >= 0.3 is 17.1 Å². The van der Waals surface area contributed by atoms with Crippen LogP contribution in [0.4, 0.5) is 0 Å². The number of aromatic nitrogens is 12. The summed E-state index contributed by atoms with van der Waals surface area (Å²) in [5.74, 6) is 0.523. The van der Waals surface area contributed by atoms with E-state index in [0.29, 0.717) is 51.9 Å². The Bertz CT molecular complexity index is 2070. The van der Waals surface area contributed by atoms with Gasteiger partial charge in [0.05, 0.1) is 0 Å². The van der Waals surface area contributed by atoms with Gasteiger partial charge in [-0.05, 0) is 0 Å². The molecular weight excluding hydrogens is 991 g/mol. The minimum Gasteiger partial charge on any atom is -1.00 e. The third kappa shape index (κ3) is 26.8. The fourth-order valence-electron chi connectivity index (χ4n) is 5.33. The van der Waals surface area contributed by atoms with E-state index in [1.807, 2.05) is 121 Å². The van der Waals surface area contributed by atoms with Crippen LogP contribution in [0.2, 0.25) is 0 Å². The molecule has 0 fully saturated rings. The molecule has 0 spiro atoms. The van der Waals surface area contributed by atoms with Crippen molar-refractivity contribution >= 4 is 23.1 Å². The zero-order valence-electron chi connectivity index (χ0n) is 36.9. The molecule has 25 heteroatoms. The fourth-order valence-corrected chi connectivity index (χ4v) is 5.33. The van der Waals surface area contributed by atoms with Gasteiger partial charge in [-0.25, -0.2) is 19.9 Å². The van der Waals surface area contributed by atoms with E-state index in [4.69, 9.17) is 0 Å². The summed E-state index contributed by atoms with van der Waals surface area (Å²) in [4.78, 5) is 62.0. The van der Waals surface area contributed by atoms with Crippen LogP contribution >= 0.6 is 0 Å². The van der Waals surface area contributed by atoms with Crippen molar-refractivity contribution in [1.82, 2.24) is 59.1 Å². The molecule has 0 saturated heterocycles. The molecule has 8 rings (SSSR count). The van der Waals surface area contributed by atoms with Crippen molar-refractivity contribution in [2.75, 3.05) is 0 Å². The van der Waals surface area contributed by atoms with Crippen molar-refractivity contribution in [2.24, 2.45) is 0 Å². The second-order valence-electron chi connectivity index (χ2n) is 12.8. The molecule has 0 atom stereocenters. The SMILES string of the molecule is O.O.O.O.O.O.O=C(CCn1cncn1)c1ccccc1.O=C(CCn1cncn1)c1ccccc1.O=C(CCn1cncn1)c1ccccc1.O=C(CCn1cncn1)c1ccccc1.[Cl-].[Cl-].[Cu+2]. The molecule has 0 aliphatic heterocycles. The Labute approximate surface area is 420 Å². The molecule has 4 aromatic heterocycles. The first kappa shape index (κ1) is 71.0. The first-order chi connectivity index (χ1) is 29.4. The molecule has 69 heavy (non-hydrogen) atoms. The maximum Gasteiger partial charge on any atom is 2.00 e. The summed E-state index contributed by atoms with van der Waals surface area (Å²) in [7, 11) is 0. The number of halogens is 2. The quantitative estimate of drug-likeness (QED) is 0.0651. The van der Waals surface area contributed by atoms with Crippen molar-refractivity contribution in [1.29, 1.82) is 0 Å². The van der Waals surface area contributed by atoms with Crippen molar-refractivity contribution in [3.8, 4) is 0 Å². The molecule has 0 unspecified atom stereocenters. The number of aryl methyl sites for hydroxylation is 4. The summed E-state index contributed by atoms with van der Waals surface area (Å²) in [6.45, 7) is 2.31. The molecule has 0 aliphatic rings. The Morgan fingerprint density at radius 2 is 0.493 bits per heavy atom. The van der Waals surface area contributed by atoms with Gasteiger partial charge in [0.15, 0.2) is 23.1 Å². The van der Waals surface area contributed by atoms with Gasteiger partial charge in [0.1, 0.15) is 50.6 Å². The van der Waals surface area contributed by atoms with Crippen molar-refractivity contribution in [3.63, 3.8) is 0 Å². The van der Waals surface area contributed by atoms with Crippen LogP contribution in [0, 0.1) is 0 Å². The van der Waals surface area contributed by atoms with Crippen LogP contribution in [0.3, 0.4) is 0 Å². The van der Waals surface area contributed by atoms with Gasteiger partial charge in [-0.3, -0.25) is 37.9 Å². The van der Waals surface area contributed by atoms with Crippen LogP contribution in [0.25, 0.3) is 0 Å². The third-order valence-electron chi connectivity index (χ3n) is 8.52. The topological polar surface area (TPSA) is 380 Å². The van der Waals surface area contributed by atoms with Gasteiger partial charge < -0.3 is 57.7 Å². The van der Waals surface area contributed by atoms with E-state index in [1.165, 1.54) is 25.3 Å². The smallest absolute Gasteiger partial charge is 1.00 e. The molecule has 377 valence electrons. The van der Waals surface area contributed by atoms with Crippen molar-refractivity contribution < 1.29 is 93.9 Å². The average Bonchev–Trinajstić information content (AvgIpc) is 4.18. The summed E-state index contributed by atoms with van der Waals surface area (Å²) in [5, 5.41) is 15.7. The molecule has 4 aromatic carbocycles. The Kier molecular flexibility index (Phi) is 42.4. The van der Waals surface area contributed by atoms with Gasteiger partial charge in [-0.1, -0.05) is 121 Å². The van der Waals surface area contributed by atoms with E-state index < -0.39 is 0 Å². The zero-order valence-corrected chi connectivity index (χ0v) is 39.3. The Hall–Kier alpha value is -7.02. The van der Waals surface area contributed by atoms with Crippen LogP contribution in [-0.4, -0.2) is 115 Å². The van der Waals surface area contributed by atoms with Crippen LogP contribution in [0.1, 0.15) is 67.1 Å². The molecular formula is C44H56Cl2CuN12O10. The summed E-state index contributed by atoms with van der Waals surface area (Å²) in [6, 6.07) is 37.1. The standard InChI is InChI=1S/4C11H11N3O.2ClH.Cu.6H2O/c4*15-11(10-4-2-1-3-5-10)6-7-14-9-12-8-13-14;;;;;;;;;/h4*1-5,8-9H,6-7H2;2*1H;;6*1H2/q;;;;;;+2;;;;;;/p-2. The molecule has 0 saturated carbocycles. The van der Waals surface area contributed by atoms with Gasteiger partial charge in [-0.15, -0.1) is 0 Å². The largest absolute Gasteiger partial charge is 2.00 e. The van der Waals surface area contributed by atoms with Crippen LogP contribution < -0.4 is 24.8 Å². The molecule has 0 amide bonds. The van der Waals surface area contributed by atoms with E-state index in [1.54, 1.807) is 44.0 Å². The molecule has 4 heterocycles. The van der Waals surface area contributed by atoms with Crippen molar-refractivity contribution in [3.05, 3.63) is 194 Å². The Morgan fingerprint density at radius 3 is 0.638 bits per heavy atom. The number of Topliss-reactive ketones (excluding diaryl/α,β-unsaturated/α-hetero) is 4. The second-order valence-corrected chi connectivity index (χ2v) is 12.8. The summed E-state index contributed by atoms with van der Waals surface area (Å²) < 4.78 is 6.61. The predicted molar refractivity (Wildman–Crippen MR) is 243 cm³/mol. The number of hydrogen-bond acceptors (Lipinski definition) is 12. The van der Waals surface area contributed by atoms with E-state index in [9.17, 15) is 19.2 Å². The normalized spacial score (nSPS) is 8.81. The molecule has 0 bridgehead atoms. The molecule has 22 nitrogen and oxygen atoms in total. The maximum atomic E-state index is 11.7. The molecule has 12 N–H and O–H groups in total. The van der Waals surface area contributed by atoms with Crippen LogP contribution in [0.15, 0.2) is 172 Å². The number of nitrogens with zero attached hydrogens (tertiary/aromatic N) is 12. The van der Waals surface area contributed by atoms with E-state index in [-0.39, 0.29) is 97.9 Å². The van der Waals surface area contributed by atoms with Crippen LogP contribution in [0.5, 0.6) is 0 Å².